The molecule has 2 rings (SSSR count). The van der Waals surface area contributed by atoms with E-state index in [0.29, 0.717) is 17.4 Å². The van der Waals surface area contributed by atoms with Gasteiger partial charge >= 0.3 is 0 Å². The normalized spacial score (nSPS) is 19.8. The van der Waals surface area contributed by atoms with Crippen molar-refractivity contribution in [2.24, 2.45) is 5.73 Å². The van der Waals surface area contributed by atoms with E-state index in [9.17, 15) is 12.8 Å². The molecule has 0 amide bonds. The van der Waals surface area contributed by atoms with Gasteiger partial charge in [-0.2, -0.15) is 11.8 Å². The van der Waals surface area contributed by atoms with E-state index in [1.54, 1.807) is 11.8 Å². The van der Waals surface area contributed by atoms with Gasteiger partial charge in [0, 0.05) is 18.3 Å². The van der Waals surface area contributed by atoms with Gasteiger partial charge in [-0.15, -0.1) is 0 Å². The van der Waals surface area contributed by atoms with Crippen molar-refractivity contribution in [3.05, 3.63) is 29.6 Å². The molecule has 1 fully saturated rings. The van der Waals surface area contributed by atoms with Crippen LogP contribution in [0.25, 0.3) is 0 Å². The van der Waals surface area contributed by atoms with E-state index in [0.717, 1.165) is 24.7 Å². The minimum Gasteiger partial charge on any atom is -0.326 e. The summed E-state index contributed by atoms with van der Waals surface area (Å²) in [6, 6.07) is 3.65. The molecule has 106 valence electrons. The number of nitrogens with one attached hydrogen (secondary N) is 1. The maximum atomic E-state index is 13.2. The first-order valence-electron chi connectivity index (χ1n) is 6.12. The molecule has 3 N–H and O–H groups in total. The van der Waals surface area contributed by atoms with Crippen molar-refractivity contribution in [1.82, 2.24) is 4.72 Å². The highest BCUT2D eigenvalue weighted by Gasteiger charge is 2.22. The molecule has 0 bridgehead atoms. The number of halogens is 1. The Morgan fingerprint density at radius 1 is 1.47 bits per heavy atom. The molecule has 7 heteroatoms. The minimum absolute atomic E-state index is 0.0574. The van der Waals surface area contributed by atoms with Crippen LogP contribution in [0.15, 0.2) is 23.1 Å². The second-order valence-corrected chi connectivity index (χ2v) is 7.59. The number of benzene rings is 1. The van der Waals surface area contributed by atoms with Gasteiger partial charge in [0.1, 0.15) is 5.82 Å². The van der Waals surface area contributed by atoms with Gasteiger partial charge in [-0.05, 0) is 36.3 Å². The Morgan fingerprint density at radius 3 is 2.89 bits per heavy atom. The van der Waals surface area contributed by atoms with E-state index in [2.05, 4.69) is 4.72 Å². The zero-order valence-electron chi connectivity index (χ0n) is 10.4. The van der Waals surface area contributed by atoms with Crippen molar-refractivity contribution in [1.29, 1.82) is 0 Å². The average Bonchev–Trinajstić information content (AvgIpc) is 2.89. The summed E-state index contributed by atoms with van der Waals surface area (Å²) < 4.78 is 40.1. The number of hydrogen-bond donors (Lipinski definition) is 2. The topological polar surface area (TPSA) is 72.2 Å². The molecule has 0 saturated carbocycles. The first-order chi connectivity index (χ1) is 9.03. The van der Waals surface area contributed by atoms with Crippen molar-refractivity contribution in [3.8, 4) is 0 Å². The quantitative estimate of drug-likeness (QED) is 0.864. The largest absolute Gasteiger partial charge is 0.326 e. The first-order valence-corrected chi connectivity index (χ1v) is 8.66. The van der Waals surface area contributed by atoms with Crippen LogP contribution in [0, 0.1) is 5.82 Å². The molecule has 1 aromatic carbocycles. The van der Waals surface area contributed by atoms with Crippen LogP contribution in [-0.4, -0.2) is 26.0 Å². The molecular formula is C12H17FN2O2S2. The Balaban J connectivity index is 2.16. The highest BCUT2D eigenvalue weighted by Crippen LogP contribution is 2.26. The van der Waals surface area contributed by atoms with E-state index >= 15 is 0 Å². The number of rotatable bonds is 5. The summed E-state index contributed by atoms with van der Waals surface area (Å²) in [6.07, 6.45) is 2.13. The van der Waals surface area contributed by atoms with Gasteiger partial charge in [0.05, 0.1) is 4.90 Å². The molecule has 0 aliphatic carbocycles. The summed E-state index contributed by atoms with van der Waals surface area (Å²) in [5, 5.41) is 0.310. The van der Waals surface area contributed by atoms with Crippen LogP contribution in [0.2, 0.25) is 0 Å². The summed E-state index contributed by atoms with van der Waals surface area (Å²) in [4.78, 5) is -0.0574. The van der Waals surface area contributed by atoms with Gasteiger partial charge in [0.2, 0.25) is 10.0 Å². The molecule has 4 nitrogen and oxygen atoms in total. The van der Waals surface area contributed by atoms with Crippen molar-refractivity contribution < 1.29 is 12.8 Å². The van der Waals surface area contributed by atoms with Gasteiger partial charge in [-0.25, -0.2) is 17.5 Å². The first kappa shape index (κ1) is 14.8. The standard InChI is InChI=1S/C12H17FN2O2S2/c13-10-4-3-9(7-14)12(6-10)19(16,17)15-8-11-2-1-5-18-11/h3-4,6,11,15H,1-2,5,7-8,14H2. The van der Waals surface area contributed by atoms with Crippen molar-refractivity contribution in [2.75, 3.05) is 12.3 Å². The second kappa shape index (κ2) is 6.21. The van der Waals surface area contributed by atoms with Crippen LogP contribution >= 0.6 is 11.8 Å². The van der Waals surface area contributed by atoms with Crippen LogP contribution < -0.4 is 10.5 Å². The average molecular weight is 304 g/mol. The molecule has 1 unspecified atom stereocenters. The van der Waals surface area contributed by atoms with E-state index < -0.39 is 15.8 Å². The third-order valence-electron chi connectivity index (χ3n) is 3.06. The van der Waals surface area contributed by atoms with Crippen LogP contribution in [0.5, 0.6) is 0 Å². The van der Waals surface area contributed by atoms with Gasteiger partial charge in [0.15, 0.2) is 0 Å². The summed E-state index contributed by atoms with van der Waals surface area (Å²) in [7, 11) is -3.70. The van der Waals surface area contributed by atoms with Crippen LogP contribution in [0.4, 0.5) is 4.39 Å². The lowest BCUT2D eigenvalue weighted by Gasteiger charge is -2.13. The Hall–Kier alpha value is -0.630. The van der Waals surface area contributed by atoms with Crippen molar-refractivity contribution in [3.63, 3.8) is 0 Å². The van der Waals surface area contributed by atoms with Gasteiger partial charge in [0.25, 0.3) is 0 Å². The Kier molecular flexibility index (Phi) is 4.83. The molecule has 1 heterocycles. The highest BCUT2D eigenvalue weighted by molar-refractivity contribution is 8.00. The number of sulfonamides is 1. The predicted octanol–water partition coefficient (Wildman–Crippen LogP) is 1.46. The maximum Gasteiger partial charge on any atom is 0.241 e. The zero-order valence-corrected chi connectivity index (χ0v) is 12.1. The van der Waals surface area contributed by atoms with Crippen LogP contribution in [-0.2, 0) is 16.6 Å². The summed E-state index contributed by atoms with van der Waals surface area (Å²) in [5.74, 6) is 0.494. The lowest BCUT2D eigenvalue weighted by atomic mass is 10.2. The van der Waals surface area contributed by atoms with Crippen LogP contribution in [0.3, 0.4) is 0 Å². The zero-order chi connectivity index (χ0) is 13.9. The summed E-state index contributed by atoms with van der Waals surface area (Å²) >= 11 is 1.77. The molecule has 19 heavy (non-hydrogen) atoms. The third-order valence-corrected chi connectivity index (χ3v) is 5.97. The third kappa shape index (κ3) is 3.68. The SMILES string of the molecule is NCc1ccc(F)cc1S(=O)(=O)NCC1CCCS1. The molecule has 0 radical (unpaired) electrons. The molecule has 0 aromatic heterocycles. The fourth-order valence-electron chi connectivity index (χ4n) is 2.03. The molecule has 1 saturated heterocycles. The maximum absolute atomic E-state index is 13.2. The molecule has 1 aliphatic rings. The number of thioether (sulfide) groups is 1. The van der Waals surface area contributed by atoms with Crippen molar-refractivity contribution in [2.45, 2.75) is 29.5 Å². The van der Waals surface area contributed by atoms with E-state index in [-0.39, 0.29) is 11.4 Å². The van der Waals surface area contributed by atoms with Crippen molar-refractivity contribution >= 4 is 21.8 Å². The van der Waals surface area contributed by atoms with Gasteiger partial charge < -0.3 is 5.73 Å². The smallest absolute Gasteiger partial charge is 0.241 e. The van der Waals surface area contributed by atoms with E-state index in [1.807, 2.05) is 0 Å². The fraction of sp³-hybridized carbons (Fsp3) is 0.500. The Morgan fingerprint density at radius 2 is 2.26 bits per heavy atom. The number of hydrogen-bond acceptors (Lipinski definition) is 4. The van der Waals surface area contributed by atoms with E-state index in [1.165, 1.54) is 12.1 Å². The molecule has 1 aromatic rings. The molecular weight excluding hydrogens is 287 g/mol. The minimum atomic E-state index is -3.70. The second-order valence-electron chi connectivity index (χ2n) is 4.44. The predicted molar refractivity (Wildman–Crippen MR) is 75.0 cm³/mol. The summed E-state index contributed by atoms with van der Waals surface area (Å²) in [6.45, 7) is 0.447. The van der Waals surface area contributed by atoms with Gasteiger partial charge in [-0.3, -0.25) is 0 Å². The fourth-order valence-corrected chi connectivity index (χ4v) is 4.68. The molecule has 1 atom stereocenters. The monoisotopic (exact) mass is 304 g/mol. The lowest BCUT2D eigenvalue weighted by molar-refractivity contribution is 0.573. The molecule has 0 spiro atoms. The molecule has 1 aliphatic heterocycles. The number of nitrogens with two attached hydrogens (primary N) is 1. The highest BCUT2D eigenvalue weighted by atomic mass is 32.2. The lowest BCUT2D eigenvalue weighted by Crippen LogP contribution is -2.30. The van der Waals surface area contributed by atoms with Crippen LogP contribution in [0.1, 0.15) is 18.4 Å². The Labute approximate surface area is 117 Å². The summed E-state index contributed by atoms with van der Waals surface area (Å²) in [5.41, 5.74) is 5.92. The Bertz CT molecular complexity index is 543. The van der Waals surface area contributed by atoms with Gasteiger partial charge in [-0.1, -0.05) is 6.07 Å². The van der Waals surface area contributed by atoms with E-state index in [4.69, 9.17) is 5.73 Å².